The molecule has 1 saturated carbocycles. The number of benzene rings is 1. The van der Waals surface area contributed by atoms with Crippen LogP contribution in [0.5, 0.6) is 5.75 Å². The fourth-order valence-corrected chi connectivity index (χ4v) is 4.90. The summed E-state index contributed by atoms with van der Waals surface area (Å²) in [7, 11) is 3.63. The van der Waals surface area contributed by atoms with Gasteiger partial charge < -0.3 is 20.3 Å². The topological polar surface area (TPSA) is 109 Å². The molecule has 33 heavy (non-hydrogen) atoms. The van der Waals surface area contributed by atoms with E-state index < -0.39 is 0 Å². The molecule has 2 aliphatic carbocycles. The van der Waals surface area contributed by atoms with Crippen molar-refractivity contribution < 1.29 is 14.5 Å². The van der Waals surface area contributed by atoms with Crippen LogP contribution < -0.4 is 20.4 Å². The van der Waals surface area contributed by atoms with Crippen molar-refractivity contribution in [3.8, 4) is 5.75 Å². The number of H-pyrrole nitrogens is 2. The fourth-order valence-electron chi connectivity index (χ4n) is 4.90. The van der Waals surface area contributed by atoms with E-state index in [1.54, 1.807) is 11.2 Å². The number of hydrogen-bond acceptors (Lipinski definition) is 6. The summed E-state index contributed by atoms with van der Waals surface area (Å²) in [5.74, 6) is 2.50. The first-order valence-corrected chi connectivity index (χ1v) is 11.4. The Kier molecular flexibility index (Phi) is 5.39. The summed E-state index contributed by atoms with van der Waals surface area (Å²) in [5, 5.41) is 6.87. The number of aromatic nitrogens is 4. The van der Waals surface area contributed by atoms with Crippen molar-refractivity contribution in [2.45, 2.75) is 32.4 Å². The molecule has 4 N–H and O–H groups in total. The molecule has 2 bridgehead atoms. The van der Waals surface area contributed by atoms with E-state index in [0.717, 1.165) is 23.4 Å². The molecule has 1 amide bonds. The number of hydrogen-bond donors (Lipinski definition) is 3. The lowest BCUT2D eigenvalue weighted by molar-refractivity contribution is -0.347. The smallest absolute Gasteiger partial charge is 0.307 e. The molecule has 2 aliphatic rings. The van der Waals surface area contributed by atoms with Gasteiger partial charge >= 0.3 is 11.6 Å². The summed E-state index contributed by atoms with van der Waals surface area (Å²) >= 11 is 0. The van der Waals surface area contributed by atoms with Gasteiger partial charge in [-0.05, 0) is 44.2 Å². The number of rotatable bonds is 7. The zero-order valence-corrected chi connectivity index (χ0v) is 19.3. The van der Waals surface area contributed by atoms with Crippen LogP contribution in [-0.4, -0.2) is 52.0 Å². The maximum atomic E-state index is 12.9. The molecule has 1 fully saturated rings. The quantitative estimate of drug-likeness (QED) is 0.480. The fraction of sp³-hybridized carbons (Fsp3) is 0.417. The zero-order chi connectivity index (χ0) is 23.1. The van der Waals surface area contributed by atoms with Crippen molar-refractivity contribution >= 4 is 34.5 Å². The van der Waals surface area contributed by atoms with Crippen LogP contribution in [0.3, 0.4) is 0 Å². The van der Waals surface area contributed by atoms with Gasteiger partial charge in [-0.2, -0.15) is 4.98 Å². The van der Waals surface area contributed by atoms with Crippen molar-refractivity contribution in [2.24, 2.45) is 17.8 Å². The third-order valence-electron chi connectivity index (χ3n) is 6.28. The predicted octanol–water partition coefficient (Wildman–Crippen LogP) is 2.99. The number of nitrogens with zero attached hydrogens (tertiary/aromatic N) is 3. The number of amides is 1. The number of allylic oxidation sites excluding steroid dienone is 1. The van der Waals surface area contributed by atoms with Gasteiger partial charge in [-0.15, -0.1) is 0 Å². The van der Waals surface area contributed by atoms with E-state index >= 15 is 0 Å². The van der Waals surface area contributed by atoms with Crippen LogP contribution in [0.25, 0.3) is 11.2 Å². The number of carbonyl (C=O) groups excluding carboxylic acids is 1. The Labute approximate surface area is 192 Å². The molecule has 9 nitrogen and oxygen atoms in total. The molecule has 0 saturated heterocycles. The van der Waals surface area contributed by atoms with Gasteiger partial charge in [0, 0.05) is 31.9 Å². The van der Waals surface area contributed by atoms with E-state index in [2.05, 4.69) is 37.7 Å². The van der Waals surface area contributed by atoms with Crippen molar-refractivity contribution in [2.75, 3.05) is 24.7 Å². The molecule has 1 aromatic carbocycles. The van der Waals surface area contributed by atoms with Gasteiger partial charge in [-0.1, -0.05) is 23.2 Å². The maximum absolute atomic E-state index is 12.9. The number of ether oxygens (including phenoxy) is 1. The highest BCUT2D eigenvalue weighted by Gasteiger charge is 2.49. The van der Waals surface area contributed by atoms with Gasteiger partial charge in [0.1, 0.15) is 5.75 Å². The second kappa shape index (κ2) is 8.38. The second-order valence-electron chi connectivity index (χ2n) is 9.25. The van der Waals surface area contributed by atoms with Crippen LogP contribution in [0.1, 0.15) is 20.3 Å². The molecular weight excluding hydrogens is 418 g/mol. The van der Waals surface area contributed by atoms with Crippen LogP contribution in [-0.2, 0) is 4.79 Å². The Bertz CT molecular complexity index is 1200. The van der Waals surface area contributed by atoms with Gasteiger partial charge in [0.2, 0.25) is 11.4 Å². The molecule has 0 aliphatic heterocycles. The lowest BCUT2D eigenvalue weighted by Crippen LogP contribution is -2.43. The second-order valence-corrected chi connectivity index (χ2v) is 9.25. The summed E-state index contributed by atoms with van der Waals surface area (Å²) < 4.78 is 5.80. The van der Waals surface area contributed by atoms with E-state index in [1.165, 1.54) is 0 Å². The molecule has 3 aromatic rings. The monoisotopic (exact) mass is 448 g/mol. The van der Waals surface area contributed by atoms with Gasteiger partial charge in [0.15, 0.2) is 12.1 Å². The van der Waals surface area contributed by atoms with E-state index in [-0.39, 0.29) is 29.9 Å². The highest BCUT2D eigenvalue weighted by molar-refractivity contribution is 5.84. The van der Waals surface area contributed by atoms with Crippen LogP contribution in [0.4, 0.5) is 17.5 Å². The number of carbonyl (C=O) groups is 1. The normalized spacial score (nSPS) is 23.3. The summed E-state index contributed by atoms with van der Waals surface area (Å²) in [5.41, 5.74) is 2.29. The maximum Gasteiger partial charge on any atom is 0.307 e. The molecule has 0 spiro atoms. The Morgan fingerprint density at radius 2 is 2.06 bits per heavy atom. The van der Waals surface area contributed by atoms with E-state index in [4.69, 9.17) is 9.72 Å². The molecule has 4 atom stereocenters. The molecule has 9 heteroatoms. The number of anilines is 3. The third-order valence-corrected chi connectivity index (χ3v) is 6.28. The first-order valence-electron chi connectivity index (χ1n) is 11.4. The summed E-state index contributed by atoms with van der Waals surface area (Å²) in [6.07, 6.45) is 7.22. The van der Waals surface area contributed by atoms with Gasteiger partial charge in [-0.25, -0.2) is 4.98 Å². The molecule has 0 radical (unpaired) electrons. The molecule has 4 unspecified atom stereocenters. The minimum Gasteiger partial charge on any atom is -0.491 e. The van der Waals surface area contributed by atoms with Crippen molar-refractivity contribution in [1.82, 2.24) is 19.9 Å². The Morgan fingerprint density at radius 3 is 2.85 bits per heavy atom. The van der Waals surface area contributed by atoms with E-state index in [1.807, 2.05) is 52.2 Å². The minimum absolute atomic E-state index is 0.0214. The van der Waals surface area contributed by atoms with Gasteiger partial charge in [0.05, 0.1) is 12.0 Å². The van der Waals surface area contributed by atoms with Crippen LogP contribution >= 0.6 is 0 Å². The minimum atomic E-state index is -0.111. The molecule has 2 aromatic heterocycles. The zero-order valence-electron chi connectivity index (χ0n) is 19.3. The van der Waals surface area contributed by atoms with Gasteiger partial charge in [0.25, 0.3) is 0 Å². The molecule has 5 rings (SSSR count). The number of aromatic amines is 2. The van der Waals surface area contributed by atoms with Gasteiger partial charge in [-0.3, -0.25) is 9.78 Å². The first kappa shape index (κ1) is 21.2. The van der Waals surface area contributed by atoms with Crippen molar-refractivity contribution in [3.05, 3.63) is 42.7 Å². The Hall–Kier alpha value is -3.62. The Balaban J connectivity index is 1.44. The Morgan fingerprint density at radius 1 is 1.24 bits per heavy atom. The lowest BCUT2D eigenvalue weighted by Gasteiger charge is -2.30. The highest BCUT2D eigenvalue weighted by Crippen LogP contribution is 2.45. The standard InChI is InChI=1S/C24H29N7O2/c1-13(2)33-17-7-5-6-16(11-17)27-24-29-21-20(25-12-26-21)22(30-24)28-19-15-9-8-14(10-15)18(19)23(32)31(3)4/h5-9,11-15,18-19H,10H2,1-4H3,(H3,25,26,27,28,29,30)/p+1. The summed E-state index contributed by atoms with van der Waals surface area (Å²) in [6.45, 7) is 3.99. The third kappa shape index (κ3) is 4.10. The lowest BCUT2D eigenvalue weighted by atomic mass is 9.87. The molecule has 172 valence electrons. The average Bonchev–Trinajstić information content (AvgIpc) is 3.49. The van der Waals surface area contributed by atoms with Crippen molar-refractivity contribution in [1.29, 1.82) is 0 Å². The number of nitrogens with one attached hydrogen (secondary N) is 4. The predicted molar refractivity (Wildman–Crippen MR) is 126 cm³/mol. The van der Waals surface area contributed by atoms with E-state index in [0.29, 0.717) is 23.3 Å². The van der Waals surface area contributed by atoms with Crippen LogP contribution in [0, 0.1) is 17.8 Å². The largest absolute Gasteiger partial charge is 0.491 e. The number of imidazole rings is 1. The molecule has 2 heterocycles. The average molecular weight is 449 g/mol. The van der Waals surface area contributed by atoms with Crippen LogP contribution in [0.2, 0.25) is 0 Å². The first-order chi connectivity index (χ1) is 15.9. The summed E-state index contributed by atoms with van der Waals surface area (Å²) in [4.78, 5) is 30.3. The van der Waals surface area contributed by atoms with E-state index in [9.17, 15) is 4.79 Å². The van der Waals surface area contributed by atoms with Crippen molar-refractivity contribution in [3.63, 3.8) is 0 Å². The molecular formula is C24H30N7O2+. The highest BCUT2D eigenvalue weighted by atomic mass is 16.5. The van der Waals surface area contributed by atoms with Crippen LogP contribution in [0.15, 0.2) is 42.7 Å². The summed E-state index contributed by atoms with van der Waals surface area (Å²) in [6, 6.07) is 7.70. The SMILES string of the molecule is CC(C)Oc1cccc(Nc2nc(NC3C4C=CC(C4)C3C(=O)N(C)C)c3[nH]c[nH+]c3n2)c1. The number of fused-ring (bicyclic) bond motifs is 3.